The molecule has 0 aliphatic heterocycles. The van der Waals surface area contributed by atoms with Gasteiger partial charge in [-0.2, -0.15) is 0 Å². The zero-order valence-electron chi connectivity index (χ0n) is 11.6. The molecule has 0 unspecified atom stereocenters. The highest BCUT2D eigenvalue weighted by Gasteiger charge is 2.25. The number of nitrogens with zero attached hydrogens (tertiary/aromatic N) is 1. The Bertz CT molecular complexity index is 714. The van der Waals surface area contributed by atoms with E-state index >= 15 is 0 Å². The molecule has 4 nitrogen and oxygen atoms in total. The molecule has 0 bridgehead atoms. The first kappa shape index (κ1) is 12.9. The third-order valence-corrected chi connectivity index (χ3v) is 3.61. The number of hydrogen-bond acceptors (Lipinski definition) is 2. The van der Waals surface area contributed by atoms with Crippen LogP contribution in [0.5, 0.6) is 0 Å². The maximum absolute atomic E-state index is 12.5. The van der Waals surface area contributed by atoms with Gasteiger partial charge in [0.2, 0.25) is 0 Å². The molecule has 1 aromatic heterocycles. The van der Waals surface area contributed by atoms with E-state index in [1.807, 2.05) is 37.3 Å². The summed E-state index contributed by atoms with van der Waals surface area (Å²) in [4.78, 5) is 24.8. The molecule has 1 aliphatic carbocycles. The maximum Gasteiger partial charge on any atom is 0.268 e. The van der Waals surface area contributed by atoms with Crippen LogP contribution < -0.4 is 10.9 Å². The van der Waals surface area contributed by atoms with Crippen molar-refractivity contribution in [3.63, 3.8) is 0 Å². The third kappa shape index (κ3) is 2.33. The van der Waals surface area contributed by atoms with Gasteiger partial charge in [-0.3, -0.25) is 9.59 Å². The van der Waals surface area contributed by atoms with Crippen LogP contribution in [0.3, 0.4) is 0 Å². The van der Waals surface area contributed by atoms with Gasteiger partial charge in [-0.05, 0) is 36.8 Å². The summed E-state index contributed by atoms with van der Waals surface area (Å²) in [6.07, 6.45) is 2.90. The van der Waals surface area contributed by atoms with Crippen molar-refractivity contribution in [2.75, 3.05) is 0 Å². The van der Waals surface area contributed by atoms with Crippen molar-refractivity contribution >= 4 is 16.7 Å². The summed E-state index contributed by atoms with van der Waals surface area (Å²) in [6.45, 7) is 2.57. The van der Waals surface area contributed by atoms with Crippen LogP contribution in [0.15, 0.2) is 35.1 Å². The van der Waals surface area contributed by atoms with Crippen molar-refractivity contribution in [3.8, 4) is 0 Å². The first-order valence-electron chi connectivity index (χ1n) is 7.14. The number of benzene rings is 1. The number of nitrogens with one attached hydrogen (secondary N) is 1. The zero-order chi connectivity index (χ0) is 14.1. The predicted molar refractivity (Wildman–Crippen MR) is 79.0 cm³/mol. The topological polar surface area (TPSA) is 51.1 Å². The lowest BCUT2D eigenvalue weighted by Crippen LogP contribution is -2.33. The van der Waals surface area contributed by atoms with Gasteiger partial charge in [-0.1, -0.05) is 25.1 Å². The summed E-state index contributed by atoms with van der Waals surface area (Å²) < 4.78 is 1.60. The average molecular weight is 270 g/mol. The van der Waals surface area contributed by atoms with E-state index in [1.54, 1.807) is 4.57 Å². The van der Waals surface area contributed by atoms with E-state index in [4.69, 9.17) is 0 Å². The number of carbonyl (C=O) groups excluding carboxylic acids is 1. The minimum atomic E-state index is -0.135. The summed E-state index contributed by atoms with van der Waals surface area (Å²) in [6, 6.07) is 9.54. The summed E-state index contributed by atoms with van der Waals surface area (Å²) in [7, 11) is 0. The fourth-order valence-electron chi connectivity index (χ4n) is 2.42. The molecule has 2 aromatic rings. The molecule has 3 rings (SSSR count). The lowest BCUT2D eigenvalue weighted by Gasteiger charge is -2.13. The minimum Gasteiger partial charge on any atom is -0.348 e. The largest absolute Gasteiger partial charge is 0.348 e. The molecule has 0 radical (unpaired) electrons. The van der Waals surface area contributed by atoms with Crippen LogP contribution in [0.25, 0.3) is 10.8 Å². The van der Waals surface area contributed by atoms with Gasteiger partial charge < -0.3 is 9.88 Å². The van der Waals surface area contributed by atoms with Gasteiger partial charge in [0.15, 0.2) is 0 Å². The molecular weight excluding hydrogens is 252 g/mol. The third-order valence-electron chi connectivity index (χ3n) is 3.61. The lowest BCUT2D eigenvalue weighted by atomic mass is 10.1. The fraction of sp³-hybridized carbons (Fsp3) is 0.375. The van der Waals surface area contributed by atoms with Crippen molar-refractivity contribution in [1.82, 2.24) is 9.88 Å². The Morgan fingerprint density at radius 1 is 1.35 bits per heavy atom. The van der Waals surface area contributed by atoms with Crippen LogP contribution in [0, 0.1) is 0 Å². The molecule has 0 spiro atoms. The SMILES string of the molecule is CCCn1c(C(=O)NC2CC2)cc2ccccc2c1=O. The molecule has 1 fully saturated rings. The molecule has 0 atom stereocenters. The molecule has 20 heavy (non-hydrogen) atoms. The first-order chi connectivity index (χ1) is 9.70. The van der Waals surface area contributed by atoms with Gasteiger partial charge in [-0.15, -0.1) is 0 Å². The second kappa shape index (κ2) is 5.12. The van der Waals surface area contributed by atoms with E-state index in [0.29, 0.717) is 23.7 Å². The monoisotopic (exact) mass is 270 g/mol. The summed E-state index contributed by atoms with van der Waals surface area (Å²) in [5.41, 5.74) is 0.397. The van der Waals surface area contributed by atoms with Crippen molar-refractivity contribution in [1.29, 1.82) is 0 Å². The molecule has 1 heterocycles. The molecule has 1 aromatic carbocycles. The highest BCUT2D eigenvalue weighted by molar-refractivity contribution is 5.97. The molecule has 1 amide bonds. The highest BCUT2D eigenvalue weighted by Crippen LogP contribution is 2.20. The smallest absolute Gasteiger partial charge is 0.268 e. The van der Waals surface area contributed by atoms with Crippen molar-refractivity contribution < 1.29 is 4.79 Å². The van der Waals surface area contributed by atoms with E-state index in [1.165, 1.54) is 0 Å². The summed E-state index contributed by atoms with van der Waals surface area (Å²) in [5, 5.41) is 4.46. The standard InChI is InChI=1S/C16H18N2O2/c1-2-9-18-14(15(19)17-12-7-8-12)10-11-5-3-4-6-13(11)16(18)20/h3-6,10,12H,2,7-9H2,1H3,(H,17,19). The van der Waals surface area contributed by atoms with Crippen LogP contribution >= 0.6 is 0 Å². The number of hydrogen-bond donors (Lipinski definition) is 1. The molecular formula is C16H18N2O2. The van der Waals surface area contributed by atoms with Crippen LogP contribution in [0.4, 0.5) is 0 Å². The Morgan fingerprint density at radius 2 is 2.10 bits per heavy atom. The molecule has 1 N–H and O–H groups in total. The predicted octanol–water partition coefficient (Wildman–Crippen LogP) is 2.30. The van der Waals surface area contributed by atoms with Crippen molar-refractivity contribution in [2.45, 2.75) is 38.8 Å². The Hall–Kier alpha value is -2.10. The summed E-state index contributed by atoms with van der Waals surface area (Å²) in [5.74, 6) is -0.135. The molecule has 104 valence electrons. The zero-order valence-corrected chi connectivity index (χ0v) is 11.6. The second-order valence-corrected chi connectivity index (χ2v) is 5.32. The molecule has 1 aliphatic rings. The van der Waals surface area contributed by atoms with Crippen LogP contribution in [0.2, 0.25) is 0 Å². The maximum atomic E-state index is 12.5. The van der Waals surface area contributed by atoms with Gasteiger partial charge in [-0.25, -0.2) is 0 Å². The molecule has 4 heteroatoms. The van der Waals surface area contributed by atoms with Gasteiger partial charge in [0.05, 0.1) is 0 Å². The van der Waals surface area contributed by atoms with E-state index in [0.717, 1.165) is 24.6 Å². The van der Waals surface area contributed by atoms with E-state index < -0.39 is 0 Å². The second-order valence-electron chi connectivity index (χ2n) is 5.32. The number of rotatable bonds is 4. The summed E-state index contributed by atoms with van der Waals surface area (Å²) >= 11 is 0. The van der Waals surface area contributed by atoms with Crippen molar-refractivity contribution in [2.24, 2.45) is 0 Å². The number of amides is 1. The Kier molecular flexibility index (Phi) is 3.30. The fourth-order valence-corrected chi connectivity index (χ4v) is 2.42. The van der Waals surface area contributed by atoms with Crippen LogP contribution in [-0.2, 0) is 6.54 Å². The highest BCUT2D eigenvalue weighted by atomic mass is 16.2. The Labute approximate surface area is 117 Å². The van der Waals surface area contributed by atoms with Crippen LogP contribution in [0.1, 0.15) is 36.7 Å². The molecule has 1 saturated carbocycles. The van der Waals surface area contributed by atoms with Crippen LogP contribution in [-0.4, -0.2) is 16.5 Å². The van der Waals surface area contributed by atoms with E-state index in [2.05, 4.69) is 5.32 Å². The number of aromatic nitrogens is 1. The number of pyridine rings is 1. The van der Waals surface area contributed by atoms with Gasteiger partial charge in [0.25, 0.3) is 11.5 Å². The molecule has 0 saturated heterocycles. The number of carbonyl (C=O) groups is 1. The van der Waals surface area contributed by atoms with Crippen molar-refractivity contribution in [3.05, 3.63) is 46.4 Å². The van der Waals surface area contributed by atoms with Gasteiger partial charge in [0, 0.05) is 18.0 Å². The Morgan fingerprint density at radius 3 is 2.80 bits per heavy atom. The first-order valence-corrected chi connectivity index (χ1v) is 7.14. The Balaban J connectivity index is 2.14. The average Bonchev–Trinajstić information content (AvgIpc) is 3.26. The van der Waals surface area contributed by atoms with Gasteiger partial charge >= 0.3 is 0 Å². The normalized spacial score (nSPS) is 14.4. The lowest BCUT2D eigenvalue weighted by molar-refractivity contribution is 0.0940. The van der Waals surface area contributed by atoms with Gasteiger partial charge in [0.1, 0.15) is 5.69 Å². The van der Waals surface area contributed by atoms with E-state index in [-0.39, 0.29) is 11.5 Å². The minimum absolute atomic E-state index is 0.0779. The number of fused-ring (bicyclic) bond motifs is 1. The quantitative estimate of drug-likeness (QED) is 0.926. The van der Waals surface area contributed by atoms with E-state index in [9.17, 15) is 9.59 Å².